The smallest absolute Gasteiger partial charge is 0.271 e. The molecule has 2 aromatic heterocycles. The summed E-state index contributed by atoms with van der Waals surface area (Å²) in [5.41, 5.74) is 1.16. The Morgan fingerprint density at radius 3 is 2.71 bits per heavy atom. The Kier molecular flexibility index (Phi) is 3.62. The lowest BCUT2D eigenvalue weighted by molar-refractivity contribution is 0.0945. The summed E-state index contributed by atoms with van der Waals surface area (Å²) in [6, 6.07) is 3.65. The van der Waals surface area contributed by atoms with Crippen LogP contribution in [0.5, 0.6) is 0 Å². The largest absolute Gasteiger partial charge is 0.347 e. The van der Waals surface area contributed by atoms with E-state index in [4.69, 9.17) is 11.6 Å². The van der Waals surface area contributed by atoms with E-state index in [2.05, 4.69) is 20.3 Å². The van der Waals surface area contributed by atoms with Crippen LogP contribution in [-0.2, 0) is 6.54 Å². The summed E-state index contributed by atoms with van der Waals surface area (Å²) in [5.74, 6) is -0.309. The molecule has 6 heteroatoms. The molecule has 0 spiro atoms. The molecule has 0 saturated heterocycles. The third kappa shape index (κ3) is 3.22. The van der Waals surface area contributed by atoms with E-state index in [0.29, 0.717) is 6.54 Å². The Balaban J connectivity index is 1.98. The second-order valence-electron chi connectivity index (χ2n) is 3.27. The van der Waals surface area contributed by atoms with E-state index in [9.17, 15) is 4.79 Å². The first-order valence-electron chi connectivity index (χ1n) is 4.90. The third-order valence-corrected chi connectivity index (χ3v) is 2.22. The number of carbonyl (C=O) groups is 1. The Labute approximate surface area is 103 Å². The number of pyridine rings is 1. The Morgan fingerprint density at radius 1 is 1.24 bits per heavy atom. The number of nitrogens with one attached hydrogen (secondary N) is 1. The van der Waals surface area contributed by atoms with Gasteiger partial charge in [0.15, 0.2) is 0 Å². The summed E-state index contributed by atoms with van der Waals surface area (Å²) < 4.78 is 0. The maximum atomic E-state index is 11.7. The molecular formula is C11H9ClN4O. The van der Waals surface area contributed by atoms with Crippen molar-refractivity contribution in [1.82, 2.24) is 20.3 Å². The number of carbonyl (C=O) groups excluding carboxylic acids is 1. The van der Waals surface area contributed by atoms with Crippen molar-refractivity contribution in [2.75, 3.05) is 0 Å². The number of aromatic nitrogens is 3. The van der Waals surface area contributed by atoms with Crippen LogP contribution in [0.2, 0.25) is 5.15 Å². The molecule has 0 atom stereocenters. The molecule has 2 aromatic rings. The second-order valence-corrected chi connectivity index (χ2v) is 3.65. The van der Waals surface area contributed by atoms with Gasteiger partial charge in [-0.3, -0.25) is 14.8 Å². The van der Waals surface area contributed by atoms with Crippen molar-refractivity contribution >= 4 is 17.5 Å². The van der Waals surface area contributed by atoms with Crippen molar-refractivity contribution in [1.29, 1.82) is 0 Å². The standard InChI is InChI=1S/C11H9ClN4O/c12-10-7-14-6-9(16-10)11(17)15-5-8-1-3-13-4-2-8/h1-4,6-7H,5H2,(H,15,17). The van der Waals surface area contributed by atoms with Crippen LogP contribution in [0.15, 0.2) is 36.9 Å². The molecule has 0 aliphatic rings. The van der Waals surface area contributed by atoms with Crippen LogP contribution in [0.25, 0.3) is 0 Å². The average Bonchev–Trinajstić information content (AvgIpc) is 2.37. The lowest BCUT2D eigenvalue weighted by Gasteiger charge is -2.04. The van der Waals surface area contributed by atoms with Gasteiger partial charge in [-0.05, 0) is 17.7 Å². The highest BCUT2D eigenvalue weighted by Gasteiger charge is 2.07. The SMILES string of the molecule is O=C(NCc1ccncc1)c1cncc(Cl)n1. The van der Waals surface area contributed by atoms with Crippen molar-refractivity contribution in [3.05, 3.63) is 53.3 Å². The van der Waals surface area contributed by atoms with Gasteiger partial charge >= 0.3 is 0 Å². The maximum absolute atomic E-state index is 11.7. The Bertz CT molecular complexity index is 518. The number of hydrogen-bond acceptors (Lipinski definition) is 4. The molecule has 0 aromatic carbocycles. The van der Waals surface area contributed by atoms with E-state index >= 15 is 0 Å². The van der Waals surface area contributed by atoms with Gasteiger partial charge in [-0.15, -0.1) is 0 Å². The number of rotatable bonds is 3. The van der Waals surface area contributed by atoms with Crippen LogP contribution in [0.1, 0.15) is 16.1 Å². The number of halogens is 1. The number of nitrogens with zero attached hydrogens (tertiary/aromatic N) is 3. The third-order valence-electron chi connectivity index (χ3n) is 2.04. The van der Waals surface area contributed by atoms with Gasteiger partial charge < -0.3 is 5.32 Å². The lowest BCUT2D eigenvalue weighted by Crippen LogP contribution is -2.24. The zero-order valence-electron chi connectivity index (χ0n) is 8.80. The summed E-state index contributed by atoms with van der Waals surface area (Å²) >= 11 is 5.64. The summed E-state index contributed by atoms with van der Waals surface area (Å²) in [5, 5.41) is 2.91. The predicted molar refractivity (Wildman–Crippen MR) is 62.4 cm³/mol. The van der Waals surface area contributed by atoms with Crippen molar-refractivity contribution in [3.8, 4) is 0 Å². The summed E-state index contributed by atoms with van der Waals surface area (Å²) in [6.07, 6.45) is 6.08. The predicted octanol–water partition coefficient (Wildman–Crippen LogP) is 1.45. The summed E-state index contributed by atoms with van der Waals surface area (Å²) in [6.45, 7) is 0.412. The molecular weight excluding hydrogens is 240 g/mol. The molecule has 1 N–H and O–H groups in total. The molecule has 0 aliphatic heterocycles. The topological polar surface area (TPSA) is 67.8 Å². The van der Waals surface area contributed by atoms with E-state index in [-0.39, 0.29) is 16.8 Å². The van der Waals surface area contributed by atoms with Gasteiger partial charge in [0.25, 0.3) is 5.91 Å². The fraction of sp³-hybridized carbons (Fsp3) is 0.0909. The highest BCUT2D eigenvalue weighted by atomic mass is 35.5. The van der Waals surface area contributed by atoms with Crippen LogP contribution < -0.4 is 5.32 Å². The minimum absolute atomic E-state index is 0.196. The molecule has 0 fully saturated rings. The molecule has 0 saturated carbocycles. The van der Waals surface area contributed by atoms with Crippen molar-refractivity contribution in [3.63, 3.8) is 0 Å². The first kappa shape index (κ1) is 11.5. The van der Waals surface area contributed by atoms with Gasteiger partial charge in [0.2, 0.25) is 0 Å². The lowest BCUT2D eigenvalue weighted by atomic mass is 10.2. The monoisotopic (exact) mass is 248 g/mol. The zero-order chi connectivity index (χ0) is 12.1. The van der Waals surface area contributed by atoms with Crippen molar-refractivity contribution in [2.45, 2.75) is 6.54 Å². The van der Waals surface area contributed by atoms with E-state index in [1.807, 2.05) is 12.1 Å². The van der Waals surface area contributed by atoms with Crippen LogP contribution in [0, 0.1) is 0 Å². The molecule has 17 heavy (non-hydrogen) atoms. The van der Waals surface area contributed by atoms with Crippen molar-refractivity contribution < 1.29 is 4.79 Å². The molecule has 1 amide bonds. The van der Waals surface area contributed by atoms with Crippen LogP contribution in [-0.4, -0.2) is 20.9 Å². The molecule has 0 radical (unpaired) electrons. The van der Waals surface area contributed by atoms with Crippen molar-refractivity contribution in [2.24, 2.45) is 0 Å². The first-order chi connectivity index (χ1) is 8.25. The van der Waals surface area contributed by atoms with E-state index in [0.717, 1.165) is 5.56 Å². The molecule has 0 unspecified atom stereocenters. The summed E-state index contributed by atoms with van der Waals surface area (Å²) in [4.78, 5) is 23.2. The van der Waals surface area contributed by atoms with Crippen LogP contribution in [0.3, 0.4) is 0 Å². The molecule has 5 nitrogen and oxygen atoms in total. The number of hydrogen-bond donors (Lipinski definition) is 1. The maximum Gasteiger partial charge on any atom is 0.271 e. The molecule has 0 aliphatic carbocycles. The van der Waals surface area contributed by atoms with Gasteiger partial charge in [0, 0.05) is 18.9 Å². The Hall–Kier alpha value is -2.01. The molecule has 2 heterocycles. The minimum atomic E-state index is -0.309. The second kappa shape index (κ2) is 5.36. The Morgan fingerprint density at radius 2 is 2.00 bits per heavy atom. The van der Waals surface area contributed by atoms with Gasteiger partial charge in [-0.25, -0.2) is 4.98 Å². The molecule has 2 rings (SSSR count). The van der Waals surface area contributed by atoms with Crippen LogP contribution in [0.4, 0.5) is 0 Å². The first-order valence-corrected chi connectivity index (χ1v) is 5.28. The minimum Gasteiger partial charge on any atom is -0.347 e. The van der Waals surface area contributed by atoms with E-state index < -0.39 is 0 Å². The highest BCUT2D eigenvalue weighted by Crippen LogP contribution is 2.03. The molecule has 0 bridgehead atoms. The zero-order valence-corrected chi connectivity index (χ0v) is 9.55. The van der Waals surface area contributed by atoms with Crippen LogP contribution >= 0.6 is 11.6 Å². The van der Waals surface area contributed by atoms with Gasteiger partial charge in [-0.2, -0.15) is 0 Å². The fourth-order valence-corrected chi connectivity index (χ4v) is 1.37. The van der Waals surface area contributed by atoms with Gasteiger partial charge in [0.1, 0.15) is 10.8 Å². The fourth-order valence-electron chi connectivity index (χ4n) is 1.23. The van der Waals surface area contributed by atoms with Gasteiger partial charge in [0.05, 0.1) is 12.4 Å². The van der Waals surface area contributed by atoms with E-state index in [1.165, 1.54) is 12.4 Å². The number of amides is 1. The molecule has 86 valence electrons. The van der Waals surface area contributed by atoms with Gasteiger partial charge in [-0.1, -0.05) is 11.6 Å². The normalized spacial score (nSPS) is 9.94. The van der Waals surface area contributed by atoms with E-state index in [1.54, 1.807) is 12.4 Å². The summed E-state index contributed by atoms with van der Waals surface area (Å²) in [7, 11) is 0. The average molecular weight is 249 g/mol. The highest BCUT2D eigenvalue weighted by molar-refractivity contribution is 6.29. The quantitative estimate of drug-likeness (QED) is 0.893.